The molecule has 1 amide bonds. The number of benzene rings is 1. The standard InChI is InChI=1S/C11H12ClN3OS/c1-6(10(16)13-2)15-9-4-3-7(12)5-8(9)14-11(15)17/h3-6H,1-2H3,(H,13,16)(H,14,17). The number of aromatic nitrogens is 2. The minimum Gasteiger partial charge on any atom is -0.357 e. The second-order valence-electron chi connectivity index (χ2n) is 3.75. The average molecular weight is 270 g/mol. The second-order valence-corrected chi connectivity index (χ2v) is 4.57. The molecule has 2 N–H and O–H groups in total. The Labute approximate surface area is 109 Å². The summed E-state index contributed by atoms with van der Waals surface area (Å²) in [7, 11) is 1.61. The van der Waals surface area contributed by atoms with Gasteiger partial charge in [0.05, 0.1) is 11.0 Å². The van der Waals surface area contributed by atoms with Crippen LogP contribution in [-0.4, -0.2) is 22.5 Å². The predicted molar refractivity (Wildman–Crippen MR) is 70.9 cm³/mol. The molecular weight excluding hydrogens is 258 g/mol. The third-order valence-electron chi connectivity index (χ3n) is 2.69. The zero-order valence-corrected chi connectivity index (χ0v) is 11.0. The minimum absolute atomic E-state index is 0.0862. The summed E-state index contributed by atoms with van der Waals surface area (Å²) in [6.07, 6.45) is 0. The molecule has 1 atom stereocenters. The summed E-state index contributed by atoms with van der Waals surface area (Å²) in [4.78, 5) is 14.7. The molecule has 0 spiro atoms. The molecule has 0 aliphatic rings. The molecule has 1 aromatic carbocycles. The van der Waals surface area contributed by atoms with E-state index in [1.54, 1.807) is 30.7 Å². The van der Waals surface area contributed by atoms with Gasteiger partial charge >= 0.3 is 0 Å². The lowest BCUT2D eigenvalue weighted by Gasteiger charge is -2.12. The van der Waals surface area contributed by atoms with Gasteiger partial charge in [0.1, 0.15) is 6.04 Å². The van der Waals surface area contributed by atoms with Gasteiger partial charge < -0.3 is 14.9 Å². The monoisotopic (exact) mass is 269 g/mol. The van der Waals surface area contributed by atoms with Crippen LogP contribution in [0.1, 0.15) is 13.0 Å². The van der Waals surface area contributed by atoms with Crippen LogP contribution in [0.15, 0.2) is 18.2 Å². The number of hydrogen-bond donors (Lipinski definition) is 2. The molecule has 0 radical (unpaired) electrons. The number of H-pyrrole nitrogens is 1. The maximum absolute atomic E-state index is 11.7. The molecule has 2 aromatic rings. The normalized spacial score (nSPS) is 12.6. The highest BCUT2D eigenvalue weighted by atomic mass is 35.5. The zero-order valence-electron chi connectivity index (χ0n) is 9.45. The number of imidazole rings is 1. The molecular formula is C11H12ClN3OS. The van der Waals surface area contributed by atoms with Gasteiger partial charge in [-0.1, -0.05) is 11.6 Å². The summed E-state index contributed by atoms with van der Waals surface area (Å²) in [6, 6.07) is 5.06. The maximum Gasteiger partial charge on any atom is 0.242 e. The number of amides is 1. The first-order valence-electron chi connectivity index (χ1n) is 5.16. The van der Waals surface area contributed by atoms with Crippen molar-refractivity contribution in [1.82, 2.24) is 14.9 Å². The topological polar surface area (TPSA) is 49.8 Å². The Morgan fingerprint density at radius 2 is 2.29 bits per heavy atom. The Morgan fingerprint density at radius 1 is 1.59 bits per heavy atom. The Hall–Kier alpha value is -1.33. The number of aromatic amines is 1. The number of fused-ring (bicyclic) bond motifs is 1. The van der Waals surface area contributed by atoms with Crippen molar-refractivity contribution in [2.75, 3.05) is 7.05 Å². The van der Waals surface area contributed by atoms with E-state index < -0.39 is 0 Å². The summed E-state index contributed by atoms with van der Waals surface area (Å²) in [5.74, 6) is -0.0862. The van der Waals surface area contributed by atoms with Gasteiger partial charge in [-0.05, 0) is 37.3 Å². The summed E-state index contributed by atoms with van der Waals surface area (Å²) >= 11 is 11.1. The van der Waals surface area contributed by atoms with Crippen LogP contribution in [0, 0.1) is 4.77 Å². The van der Waals surface area contributed by atoms with Crippen molar-refractivity contribution in [3.8, 4) is 0 Å². The molecule has 0 saturated carbocycles. The van der Waals surface area contributed by atoms with Crippen molar-refractivity contribution >= 4 is 40.8 Å². The molecule has 6 heteroatoms. The first-order valence-corrected chi connectivity index (χ1v) is 5.94. The van der Waals surface area contributed by atoms with Crippen molar-refractivity contribution < 1.29 is 4.79 Å². The van der Waals surface area contributed by atoms with Crippen molar-refractivity contribution in [1.29, 1.82) is 0 Å². The van der Waals surface area contributed by atoms with Gasteiger partial charge in [0.2, 0.25) is 5.91 Å². The minimum atomic E-state index is -0.359. The number of hydrogen-bond acceptors (Lipinski definition) is 2. The number of carbonyl (C=O) groups is 1. The molecule has 1 heterocycles. The summed E-state index contributed by atoms with van der Waals surface area (Å²) in [5, 5.41) is 3.24. The molecule has 1 unspecified atom stereocenters. The van der Waals surface area contributed by atoms with E-state index in [0.29, 0.717) is 9.79 Å². The van der Waals surface area contributed by atoms with Crippen LogP contribution in [0.25, 0.3) is 11.0 Å². The molecule has 0 aliphatic heterocycles. The van der Waals surface area contributed by atoms with Crippen LogP contribution in [0.5, 0.6) is 0 Å². The molecule has 0 aliphatic carbocycles. The largest absolute Gasteiger partial charge is 0.357 e. The third-order valence-corrected chi connectivity index (χ3v) is 3.23. The Balaban J connectivity index is 2.65. The molecule has 0 fully saturated rings. The summed E-state index contributed by atoms with van der Waals surface area (Å²) in [5.41, 5.74) is 1.70. The zero-order chi connectivity index (χ0) is 12.6. The Bertz CT molecular complexity index is 631. The highest BCUT2D eigenvalue weighted by molar-refractivity contribution is 7.71. The molecule has 0 bridgehead atoms. The van der Waals surface area contributed by atoms with E-state index in [1.165, 1.54) is 0 Å². The van der Waals surface area contributed by atoms with Crippen molar-refractivity contribution in [2.45, 2.75) is 13.0 Å². The molecule has 90 valence electrons. The van der Waals surface area contributed by atoms with E-state index in [4.69, 9.17) is 23.8 Å². The number of halogens is 1. The molecule has 4 nitrogen and oxygen atoms in total. The fourth-order valence-corrected chi connectivity index (χ4v) is 2.35. The van der Waals surface area contributed by atoms with Gasteiger partial charge in [0, 0.05) is 12.1 Å². The summed E-state index contributed by atoms with van der Waals surface area (Å²) < 4.78 is 2.29. The van der Waals surface area contributed by atoms with Gasteiger partial charge in [0.25, 0.3) is 0 Å². The van der Waals surface area contributed by atoms with Gasteiger partial charge in [0.15, 0.2) is 4.77 Å². The smallest absolute Gasteiger partial charge is 0.242 e. The fourth-order valence-electron chi connectivity index (χ4n) is 1.81. The van der Waals surface area contributed by atoms with Crippen LogP contribution >= 0.6 is 23.8 Å². The molecule has 1 aromatic heterocycles. The molecule has 0 saturated heterocycles. The maximum atomic E-state index is 11.7. The molecule has 2 rings (SSSR count). The highest BCUT2D eigenvalue weighted by Crippen LogP contribution is 2.22. The van der Waals surface area contributed by atoms with Crippen LogP contribution in [0.3, 0.4) is 0 Å². The lowest BCUT2D eigenvalue weighted by Crippen LogP contribution is -2.27. The van der Waals surface area contributed by atoms with Crippen molar-refractivity contribution in [3.63, 3.8) is 0 Å². The average Bonchev–Trinajstić information content (AvgIpc) is 2.62. The second kappa shape index (κ2) is 4.50. The first kappa shape index (κ1) is 12.1. The number of rotatable bonds is 2. The Kier molecular flexibility index (Phi) is 3.22. The van der Waals surface area contributed by atoms with Crippen molar-refractivity contribution in [3.05, 3.63) is 28.0 Å². The molecule has 17 heavy (non-hydrogen) atoms. The van der Waals surface area contributed by atoms with Gasteiger partial charge in [-0.2, -0.15) is 0 Å². The van der Waals surface area contributed by atoms with Crippen molar-refractivity contribution in [2.24, 2.45) is 0 Å². The van der Waals surface area contributed by atoms with Gasteiger partial charge in [-0.15, -0.1) is 0 Å². The quantitative estimate of drug-likeness (QED) is 0.824. The van der Waals surface area contributed by atoms with E-state index >= 15 is 0 Å². The van der Waals surface area contributed by atoms with E-state index in [2.05, 4.69) is 10.3 Å². The van der Waals surface area contributed by atoms with Crippen LogP contribution in [-0.2, 0) is 4.79 Å². The van der Waals surface area contributed by atoms with E-state index in [-0.39, 0.29) is 11.9 Å². The fraction of sp³-hybridized carbons (Fsp3) is 0.273. The van der Waals surface area contributed by atoms with E-state index in [9.17, 15) is 4.79 Å². The highest BCUT2D eigenvalue weighted by Gasteiger charge is 2.17. The van der Waals surface area contributed by atoms with Crippen LogP contribution < -0.4 is 5.32 Å². The van der Waals surface area contributed by atoms with E-state index in [1.807, 2.05) is 6.07 Å². The van der Waals surface area contributed by atoms with Crippen LogP contribution in [0.2, 0.25) is 5.02 Å². The van der Waals surface area contributed by atoms with E-state index in [0.717, 1.165) is 11.0 Å². The summed E-state index contributed by atoms with van der Waals surface area (Å²) in [6.45, 7) is 1.80. The number of carbonyl (C=O) groups excluding carboxylic acids is 1. The van der Waals surface area contributed by atoms with Gasteiger partial charge in [-0.3, -0.25) is 4.79 Å². The third kappa shape index (κ3) is 2.08. The number of likely N-dealkylation sites (N-methyl/N-ethyl adjacent to an activating group) is 1. The SMILES string of the molecule is CNC(=O)C(C)n1c(=S)[nH]c2cc(Cl)ccc21. The first-order chi connectivity index (χ1) is 8.04. The van der Waals surface area contributed by atoms with Gasteiger partial charge in [-0.25, -0.2) is 0 Å². The lowest BCUT2D eigenvalue weighted by atomic mass is 10.2. The number of nitrogens with zero attached hydrogens (tertiary/aromatic N) is 1. The Morgan fingerprint density at radius 3 is 2.94 bits per heavy atom. The number of nitrogens with one attached hydrogen (secondary N) is 2. The van der Waals surface area contributed by atoms with Crippen LogP contribution in [0.4, 0.5) is 0 Å². The lowest BCUT2D eigenvalue weighted by molar-refractivity contribution is -0.123. The predicted octanol–water partition coefficient (Wildman–Crippen LogP) is 2.66.